The van der Waals surface area contributed by atoms with Crippen molar-refractivity contribution in [1.29, 1.82) is 0 Å². The van der Waals surface area contributed by atoms with E-state index in [0.29, 0.717) is 17.9 Å². The van der Waals surface area contributed by atoms with Crippen LogP contribution >= 0.6 is 0 Å². The van der Waals surface area contributed by atoms with Crippen LogP contribution in [-0.4, -0.2) is 19.5 Å². The first kappa shape index (κ1) is 9.01. The van der Waals surface area contributed by atoms with Crippen LogP contribution in [0.3, 0.4) is 0 Å². The van der Waals surface area contributed by atoms with E-state index < -0.39 is 0 Å². The Kier molecular flexibility index (Phi) is 2.90. The Bertz CT molecular complexity index is 123. The van der Waals surface area contributed by atoms with Crippen molar-refractivity contribution in [2.24, 2.45) is 11.8 Å². The zero-order valence-corrected chi connectivity index (χ0v) is 7.83. The van der Waals surface area contributed by atoms with Gasteiger partial charge in [-0.05, 0) is 11.8 Å². The first-order valence-corrected chi connectivity index (χ1v) is 4.33. The van der Waals surface area contributed by atoms with Gasteiger partial charge in [0.05, 0.1) is 6.10 Å². The molecule has 0 bridgehead atoms. The highest BCUT2D eigenvalue weighted by Crippen LogP contribution is 2.30. The second-order valence-corrected chi connectivity index (χ2v) is 3.72. The van der Waals surface area contributed by atoms with Gasteiger partial charge in [0, 0.05) is 13.5 Å². The van der Waals surface area contributed by atoms with Gasteiger partial charge in [0.1, 0.15) is 0 Å². The molecule has 0 amide bonds. The maximum Gasteiger partial charge on any atom is 0.157 e. The van der Waals surface area contributed by atoms with Gasteiger partial charge in [-0.2, -0.15) is 0 Å². The van der Waals surface area contributed by atoms with Crippen molar-refractivity contribution < 1.29 is 9.47 Å². The standard InChI is InChI=1S/C9H18O2/c1-6(2)9-7(3)5-8(10-4)11-9/h6-9H,5H2,1-4H3/t7-,8?,9+/m1/s1. The number of hydrogen-bond acceptors (Lipinski definition) is 2. The van der Waals surface area contributed by atoms with Gasteiger partial charge in [-0.15, -0.1) is 0 Å². The highest BCUT2D eigenvalue weighted by Gasteiger charge is 2.33. The topological polar surface area (TPSA) is 18.5 Å². The lowest BCUT2D eigenvalue weighted by Crippen LogP contribution is -2.21. The Hall–Kier alpha value is -0.0800. The zero-order chi connectivity index (χ0) is 8.43. The third-order valence-corrected chi connectivity index (χ3v) is 2.35. The molecule has 1 aliphatic rings. The summed E-state index contributed by atoms with van der Waals surface area (Å²) in [6.07, 6.45) is 1.47. The molecule has 3 atom stereocenters. The van der Waals surface area contributed by atoms with E-state index in [1.54, 1.807) is 7.11 Å². The average molecular weight is 158 g/mol. The molecule has 0 aromatic heterocycles. The summed E-state index contributed by atoms with van der Waals surface area (Å²) < 4.78 is 10.8. The molecule has 1 fully saturated rings. The Labute approximate surface area is 68.9 Å². The van der Waals surface area contributed by atoms with Crippen LogP contribution in [0.5, 0.6) is 0 Å². The van der Waals surface area contributed by atoms with Gasteiger partial charge in [0.2, 0.25) is 0 Å². The molecule has 66 valence electrons. The molecule has 11 heavy (non-hydrogen) atoms. The first-order chi connectivity index (χ1) is 5.15. The lowest BCUT2D eigenvalue weighted by atomic mass is 9.95. The van der Waals surface area contributed by atoms with Gasteiger partial charge in [-0.25, -0.2) is 0 Å². The Morgan fingerprint density at radius 3 is 2.36 bits per heavy atom. The summed E-state index contributed by atoms with van der Waals surface area (Å²) in [5, 5.41) is 0. The molecule has 1 saturated heterocycles. The quantitative estimate of drug-likeness (QED) is 0.612. The third-order valence-electron chi connectivity index (χ3n) is 2.35. The fraction of sp³-hybridized carbons (Fsp3) is 1.00. The maximum absolute atomic E-state index is 5.66. The van der Waals surface area contributed by atoms with Gasteiger partial charge < -0.3 is 9.47 Å². The Balaban J connectivity index is 2.45. The second kappa shape index (κ2) is 3.55. The van der Waals surface area contributed by atoms with Gasteiger partial charge in [-0.1, -0.05) is 20.8 Å². The van der Waals surface area contributed by atoms with E-state index in [9.17, 15) is 0 Å². The van der Waals surface area contributed by atoms with E-state index in [1.165, 1.54) is 0 Å². The number of rotatable bonds is 2. The van der Waals surface area contributed by atoms with E-state index in [4.69, 9.17) is 9.47 Å². The number of hydrogen-bond donors (Lipinski definition) is 0. The predicted octanol–water partition coefficient (Wildman–Crippen LogP) is 2.04. The normalized spacial score (nSPS) is 38.5. The van der Waals surface area contributed by atoms with Crippen LogP contribution in [0.1, 0.15) is 27.2 Å². The molecule has 2 heteroatoms. The molecule has 0 aliphatic carbocycles. The summed E-state index contributed by atoms with van der Waals surface area (Å²) in [6, 6.07) is 0. The number of ether oxygens (including phenoxy) is 2. The van der Waals surface area contributed by atoms with Gasteiger partial charge in [0.15, 0.2) is 6.29 Å². The van der Waals surface area contributed by atoms with Crippen LogP contribution in [0.4, 0.5) is 0 Å². The molecule has 0 aromatic rings. The highest BCUT2D eigenvalue weighted by atomic mass is 16.7. The molecule has 0 aromatic carbocycles. The summed E-state index contributed by atoms with van der Waals surface area (Å²) in [6.45, 7) is 6.61. The van der Waals surface area contributed by atoms with Crippen molar-refractivity contribution in [2.45, 2.75) is 39.6 Å². The third kappa shape index (κ3) is 1.94. The zero-order valence-electron chi connectivity index (χ0n) is 7.83. The van der Waals surface area contributed by atoms with E-state index in [-0.39, 0.29) is 6.29 Å². The van der Waals surface area contributed by atoms with Crippen molar-refractivity contribution in [2.75, 3.05) is 7.11 Å². The monoisotopic (exact) mass is 158 g/mol. The summed E-state index contributed by atoms with van der Waals surface area (Å²) >= 11 is 0. The SMILES string of the molecule is COC1C[C@@H](C)[C@H](C(C)C)O1. The first-order valence-electron chi connectivity index (χ1n) is 4.33. The minimum absolute atomic E-state index is 0.0393. The highest BCUT2D eigenvalue weighted by molar-refractivity contribution is 4.77. The summed E-state index contributed by atoms with van der Waals surface area (Å²) in [7, 11) is 1.71. The lowest BCUT2D eigenvalue weighted by Gasteiger charge is -2.18. The molecule has 0 radical (unpaired) electrons. The van der Waals surface area contributed by atoms with Crippen molar-refractivity contribution in [1.82, 2.24) is 0 Å². The fourth-order valence-electron chi connectivity index (χ4n) is 1.77. The van der Waals surface area contributed by atoms with Crippen molar-refractivity contribution in [3.63, 3.8) is 0 Å². The van der Waals surface area contributed by atoms with Gasteiger partial charge >= 0.3 is 0 Å². The summed E-state index contributed by atoms with van der Waals surface area (Å²) in [4.78, 5) is 0. The molecular formula is C9H18O2. The fourth-order valence-corrected chi connectivity index (χ4v) is 1.77. The Morgan fingerprint density at radius 1 is 1.45 bits per heavy atom. The smallest absolute Gasteiger partial charge is 0.157 e. The van der Waals surface area contributed by atoms with Crippen molar-refractivity contribution in [3.05, 3.63) is 0 Å². The van der Waals surface area contributed by atoms with Crippen LogP contribution in [-0.2, 0) is 9.47 Å². The van der Waals surface area contributed by atoms with Crippen LogP contribution in [0, 0.1) is 11.8 Å². The second-order valence-electron chi connectivity index (χ2n) is 3.72. The molecule has 1 aliphatic heterocycles. The van der Waals surface area contributed by atoms with E-state index in [1.807, 2.05) is 0 Å². The summed E-state index contributed by atoms with van der Waals surface area (Å²) in [5.41, 5.74) is 0. The van der Waals surface area contributed by atoms with Crippen LogP contribution in [0.25, 0.3) is 0 Å². The molecule has 1 heterocycles. The molecule has 0 spiro atoms. The van der Waals surface area contributed by atoms with E-state index >= 15 is 0 Å². The van der Waals surface area contributed by atoms with E-state index in [0.717, 1.165) is 6.42 Å². The van der Waals surface area contributed by atoms with Crippen LogP contribution in [0.15, 0.2) is 0 Å². The van der Waals surface area contributed by atoms with Gasteiger partial charge in [-0.3, -0.25) is 0 Å². The van der Waals surface area contributed by atoms with Crippen LogP contribution in [0.2, 0.25) is 0 Å². The molecule has 2 nitrogen and oxygen atoms in total. The number of methoxy groups -OCH3 is 1. The van der Waals surface area contributed by atoms with Crippen molar-refractivity contribution in [3.8, 4) is 0 Å². The molecule has 1 unspecified atom stereocenters. The van der Waals surface area contributed by atoms with Crippen molar-refractivity contribution >= 4 is 0 Å². The largest absolute Gasteiger partial charge is 0.356 e. The molecule has 0 N–H and O–H groups in total. The van der Waals surface area contributed by atoms with Gasteiger partial charge in [0.25, 0.3) is 0 Å². The summed E-state index contributed by atoms with van der Waals surface area (Å²) in [5.74, 6) is 1.24. The lowest BCUT2D eigenvalue weighted by molar-refractivity contribution is -0.125. The Morgan fingerprint density at radius 2 is 2.09 bits per heavy atom. The minimum atomic E-state index is 0.0393. The molecule has 1 rings (SSSR count). The predicted molar refractivity (Wildman–Crippen MR) is 44.3 cm³/mol. The average Bonchev–Trinajstić information content (AvgIpc) is 2.30. The van der Waals surface area contributed by atoms with E-state index in [2.05, 4.69) is 20.8 Å². The molecular weight excluding hydrogens is 140 g/mol. The maximum atomic E-state index is 5.66. The minimum Gasteiger partial charge on any atom is -0.356 e. The van der Waals surface area contributed by atoms with Crippen LogP contribution < -0.4 is 0 Å². The molecule has 0 saturated carbocycles.